The van der Waals surface area contributed by atoms with E-state index in [4.69, 9.17) is 9.84 Å². The first-order valence-corrected chi connectivity index (χ1v) is 7.19. The van der Waals surface area contributed by atoms with E-state index < -0.39 is 0 Å². The van der Waals surface area contributed by atoms with Crippen molar-refractivity contribution in [2.45, 2.75) is 26.7 Å². The fourth-order valence-electron chi connectivity index (χ4n) is 2.62. The maximum atomic E-state index is 12.1. The van der Waals surface area contributed by atoms with Crippen LogP contribution >= 0.6 is 0 Å². The Labute approximate surface area is 120 Å². The molecule has 0 aliphatic carbocycles. The van der Waals surface area contributed by atoms with Crippen LogP contribution in [0.5, 0.6) is 5.75 Å². The van der Waals surface area contributed by atoms with Gasteiger partial charge in [0.15, 0.2) is 6.61 Å². The lowest BCUT2D eigenvalue weighted by Gasteiger charge is -2.31. The third-order valence-corrected chi connectivity index (χ3v) is 3.97. The molecule has 1 N–H and O–H groups in total. The van der Waals surface area contributed by atoms with Crippen molar-refractivity contribution in [3.63, 3.8) is 0 Å². The van der Waals surface area contributed by atoms with Gasteiger partial charge in [-0.3, -0.25) is 4.79 Å². The van der Waals surface area contributed by atoms with Crippen molar-refractivity contribution >= 4 is 5.91 Å². The highest BCUT2D eigenvalue weighted by Gasteiger charge is 2.22. The van der Waals surface area contributed by atoms with Crippen molar-refractivity contribution in [1.29, 1.82) is 0 Å². The van der Waals surface area contributed by atoms with E-state index in [1.165, 1.54) is 0 Å². The Bertz CT molecular complexity index is 445. The number of para-hydroxylation sites is 1. The van der Waals surface area contributed by atoms with Crippen LogP contribution in [0, 0.1) is 19.8 Å². The summed E-state index contributed by atoms with van der Waals surface area (Å²) in [6, 6.07) is 5.96. The molecule has 0 aromatic heterocycles. The van der Waals surface area contributed by atoms with Gasteiger partial charge in [-0.25, -0.2) is 0 Å². The molecule has 0 radical (unpaired) electrons. The van der Waals surface area contributed by atoms with E-state index >= 15 is 0 Å². The van der Waals surface area contributed by atoms with E-state index in [0.717, 1.165) is 42.8 Å². The lowest BCUT2D eigenvalue weighted by Crippen LogP contribution is -2.41. The molecule has 0 bridgehead atoms. The molecule has 1 aliphatic heterocycles. The zero-order valence-electron chi connectivity index (χ0n) is 12.3. The number of benzene rings is 1. The van der Waals surface area contributed by atoms with Crippen LogP contribution in [0.4, 0.5) is 0 Å². The average molecular weight is 277 g/mol. The van der Waals surface area contributed by atoms with Crippen molar-refractivity contribution in [1.82, 2.24) is 4.90 Å². The number of nitrogens with zero attached hydrogens (tertiary/aromatic N) is 1. The highest BCUT2D eigenvalue weighted by Crippen LogP contribution is 2.22. The van der Waals surface area contributed by atoms with E-state index in [1.807, 2.05) is 36.9 Å². The van der Waals surface area contributed by atoms with Gasteiger partial charge in [-0.05, 0) is 43.7 Å². The number of aryl methyl sites for hydroxylation is 2. The molecule has 1 aliphatic rings. The minimum Gasteiger partial charge on any atom is -0.483 e. The van der Waals surface area contributed by atoms with Gasteiger partial charge in [0.2, 0.25) is 0 Å². The van der Waals surface area contributed by atoms with E-state index in [2.05, 4.69) is 0 Å². The Balaban J connectivity index is 1.87. The molecule has 1 fully saturated rings. The van der Waals surface area contributed by atoms with Crippen LogP contribution in [0.15, 0.2) is 18.2 Å². The SMILES string of the molecule is Cc1cccc(C)c1OCC(=O)N1CCC(CO)CC1. The first kappa shape index (κ1) is 14.9. The van der Waals surface area contributed by atoms with E-state index in [9.17, 15) is 4.79 Å². The number of carbonyl (C=O) groups is 1. The summed E-state index contributed by atoms with van der Waals surface area (Å²) < 4.78 is 5.70. The molecule has 2 rings (SSSR count). The molecule has 1 saturated heterocycles. The van der Waals surface area contributed by atoms with Crippen molar-refractivity contribution in [2.24, 2.45) is 5.92 Å². The molecule has 4 heteroatoms. The van der Waals surface area contributed by atoms with Gasteiger partial charge in [0.05, 0.1) is 0 Å². The lowest BCUT2D eigenvalue weighted by atomic mass is 9.98. The molecule has 4 nitrogen and oxygen atoms in total. The van der Waals surface area contributed by atoms with Crippen molar-refractivity contribution in [3.05, 3.63) is 29.3 Å². The second-order valence-electron chi connectivity index (χ2n) is 5.52. The minimum absolute atomic E-state index is 0.0315. The molecule has 1 aromatic carbocycles. The maximum Gasteiger partial charge on any atom is 0.260 e. The fourth-order valence-corrected chi connectivity index (χ4v) is 2.62. The Morgan fingerprint density at radius 2 is 1.90 bits per heavy atom. The molecule has 1 aromatic rings. The van der Waals surface area contributed by atoms with Gasteiger partial charge in [0, 0.05) is 19.7 Å². The Morgan fingerprint density at radius 1 is 1.30 bits per heavy atom. The zero-order valence-corrected chi connectivity index (χ0v) is 12.3. The lowest BCUT2D eigenvalue weighted by molar-refractivity contribution is -0.135. The fraction of sp³-hybridized carbons (Fsp3) is 0.562. The highest BCUT2D eigenvalue weighted by molar-refractivity contribution is 5.78. The van der Waals surface area contributed by atoms with Gasteiger partial charge >= 0.3 is 0 Å². The molecular weight excluding hydrogens is 254 g/mol. The second kappa shape index (κ2) is 6.75. The molecular formula is C16H23NO3. The molecule has 1 amide bonds. The molecule has 20 heavy (non-hydrogen) atoms. The molecule has 0 unspecified atom stereocenters. The molecule has 0 saturated carbocycles. The van der Waals surface area contributed by atoms with Crippen LogP contribution in [-0.2, 0) is 4.79 Å². The predicted octanol–water partition coefficient (Wildman–Crippen LogP) is 1.91. The number of amides is 1. The van der Waals surface area contributed by atoms with Crippen molar-refractivity contribution in [3.8, 4) is 5.75 Å². The Morgan fingerprint density at radius 3 is 2.45 bits per heavy atom. The number of piperidine rings is 1. The third kappa shape index (κ3) is 3.51. The van der Waals surface area contributed by atoms with Gasteiger partial charge < -0.3 is 14.7 Å². The molecule has 110 valence electrons. The predicted molar refractivity (Wildman–Crippen MR) is 77.8 cm³/mol. The maximum absolute atomic E-state index is 12.1. The summed E-state index contributed by atoms with van der Waals surface area (Å²) in [5.41, 5.74) is 2.11. The molecule has 1 heterocycles. The molecule has 0 atom stereocenters. The van der Waals surface area contributed by atoms with Gasteiger partial charge in [0.1, 0.15) is 5.75 Å². The van der Waals surface area contributed by atoms with Crippen LogP contribution in [0.3, 0.4) is 0 Å². The number of aliphatic hydroxyl groups is 1. The number of hydrogen-bond acceptors (Lipinski definition) is 3. The summed E-state index contributed by atoms with van der Waals surface area (Å²) >= 11 is 0. The smallest absolute Gasteiger partial charge is 0.260 e. The Hall–Kier alpha value is -1.55. The monoisotopic (exact) mass is 277 g/mol. The summed E-state index contributed by atoms with van der Waals surface area (Å²) in [4.78, 5) is 14.0. The van der Waals surface area contributed by atoms with Crippen LogP contribution < -0.4 is 4.74 Å². The zero-order chi connectivity index (χ0) is 14.5. The number of likely N-dealkylation sites (tertiary alicyclic amines) is 1. The van der Waals surface area contributed by atoms with Crippen LogP contribution in [0.25, 0.3) is 0 Å². The molecule has 0 spiro atoms. The van der Waals surface area contributed by atoms with Crippen molar-refractivity contribution in [2.75, 3.05) is 26.3 Å². The summed E-state index contributed by atoms with van der Waals surface area (Å²) in [7, 11) is 0. The van der Waals surface area contributed by atoms with Crippen LogP contribution in [0.1, 0.15) is 24.0 Å². The Kier molecular flexibility index (Phi) is 5.01. The van der Waals surface area contributed by atoms with E-state index in [-0.39, 0.29) is 19.1 Å². The standard InChI is InChI=1S/C16H23NO3/c1-12-4-3-5-13(2)16(12)20-11-15(19)17-8-6-14(10-18)7-9-17/h3-5,14,18H,6-11H2,1-2H3. The first-order valence-electron chi connectivity index (χ1n) is 7.19. The summed E-state index contributed by atoms with van der Waals surface area (Å²) in [6.07, 6.45) is 1.76. The topological polar surface area (TPSA) is 49.8 Å². The second-order valence-corrected chi connectivity index (χ2v) is 5.52. The third-order valence-electron chi connectivity index (χ3n) is 3.97. The average Bonchev–Trinajstić information content (AvgIpc) is 2.46. The highest BCUT2D eigenvalue weighted by atomic mass is 16.5. The van der Waals surface area contributed by atoms with Gasteiger partial charge in [-0.15, -0.1) is 0 Å². The van der Waals surface area contributed by atoms with E-state index in [0.29, 0.717) is 5.92 Å². The largest absolute Gasteiger partial charge is 0.483 e. The number of rotatable bonds is 4. The van der Waals surface area contributed by atoms with Gasteiger partial charge in [-0.2, -0.15) is 0 Å². The van der Waals surface area contributed by atoms with Gasteiger partial charge in [0.25, 0.3) is 5.91 Å². The summed E-state index contributed by atoms with van der Waals surface area (Å²) in [6.45, 7) is 5.73. The number of carbonyl (C=O) groups excluding carboxylic acids is 1. The summed E-state index contributed by atoms with van der Waals surface area (Å²) in [5, 5.41) is 9.10. The van der Waals surface area contributed by atoms with Crippen LogP contribution in [0.2, 0.25) is 0 Å². The number of ether oxygens (including phenoxy) is 1. The first-order chi connectivity index (χ1) is 9.61. The number of aliphatic hydroxyl groups excluding tert-OH is 1. The van der Waals surface area contributed by atoms with E-state index in [1.54, 1.807) is 0 Å². The van der Waals surface area contributed by atoms with Crippen molar-refractivity contribution < 1.29 is 14.6 Å². The van der Waals surface area contributed by atoms with Crippen LogP contribution in [-0.4, -0.2) is 42.2 Å². The minimum atomic E-state index is 0.0315. The number of hydrogen-bond donors (Lipinski definition) is 1. The van der Waals surface area contributed by atoms with Gasteiger partial charge in [-0.1, -0.05) is 18.2 Å². The summed E-state index contributed by atoms with van der Waals surface area (Å²) in [5.74, 6) is 1.19. The quantitative estimate of drug-likeness (QED) is 0.914. The normalized spacial score (nSPS) is 16.2.